The van der Waals surface area contributed by atoms with E-state index in [-0.39, 0.29) is 18.4 Å². The predicted octanol–water partition coefficient (Wildman–Crippen LogP) is 2.92. The zero-order chi connectivity index (χ0) is 16.8. The summed E-state index contributed by atoms with van der Waals surface area (Å²) in [5.74, 6) is -0.110. The maximum Gasteiger partial charge on any atom is 0.426 e. The number of aliphatic imine (C=N–C) groups is 1. The number of amides is 2. The first-order chi connectivity index (χ1) is 11.0. The van der Waals surface area contributed by atoms with Crippen LogP contribution in [0.2, 0.25) is 0 Å². The third kappa shape index (κ3) is 4.09. The Morgan fingerprint density at radius 3 is 2.83 bits per heavy atom. The van der Waals surface area contributed by atoms with Gasteiger partial charge in [-0.05, 0) is 18.4 Å². The van der Waals surface area contributed by atoms with Crippen molar-refractivity contribution in [1.29, 1.82) is 0 Å². The quantitative estimate of drug-likeness (QED) is 0.849. The van der Waals surface area contributed by atoms with Crippen molar-refractivity contribution in [2.24, 2.45) is 10.9 Å². The average Bonchev–Trinajstić information content (AvgIpc) is 2.66. The lowest BCUT2D eigenvalue weighted by Crippen LogP contribution is -2.47. The standard InChI is InChI=1S/C17H23N3O3/c1-4-5-10-23-17(22)19-20-14-9-7-6-8-13(14)16(12(2)3)18-11-15(20)21/h6-9,12H,4-5,10-11H2,1-3H3,(H,19,22). The maximum atomic E-state index is 12.4. The molecular weight excluding hydrogens is 294 g/mol. The number of hydrogen-bond acceptors (Lipinski definition) is 4. The van der Waals surface area contributed by atoms with Crippen LogP contribution < -0.4 is 10.4 Å². The molecule has 1 aromatic carbocycles. The Hall–Kier alpha value is -2.37. The van der Waals surface area contributed by atoms with Crippen molar-refractivity contribution in [3.63, 3.8) is 0 Å². The monoisotopic (exact) mass is 317 g/mol. The normalized spacial score (nSPS) is 14.2. The molecule has 0 bridgehead atoms. The first-order valence-corrected chi connectivity index (χ1v) is 7.94. The highest BCUT2D eigenvalue weighted by Gasteiger charge is 2.27. The number of hydrogen-bond donors (Lipinski definition) is 1. The SMILES string of the molecule is CCCCOC(=O)NN1C(=O)CN=C(C(C)C)c2ccccc21. The Balaban J connectivity index is 2.24. The van der Waals surface area contributed by atoms with E-state index in [1.807, 2.05) is 39.0 Å². The van der Waals surface area contributed by atoms with E-state index in [4.69, 9.17) is 4.74 Å². The summed E-state index contributed by atoms with van der Waals surface area (Å²) in [5, 5.41) is 1.24. The lowest BCUT2D eigenvalue weighted by molar-refractivity contribution is -0.117. The predicted molar refractivity (Wildman–Crippen MR) is 89.6 cm³/mol. The van der Waals surface area contributed by atoms with E-state index in [1.165, 1.54) is 5.01 Å². The van der Waals surface area contributed by atoms with Crippen molar-refractivity contribution < 1.29 is 14.3 Å². The summed E-state index contributed by atoms with van der Waals surface area (Å²) in [6.45, 7) is 6.40. The number of carbonyl (C=O) groups is 2. The Morgan fingerprint density at radius 1 is 1.39 bits per heavy atom. The van der Waals surface area contributed by atoms with E-state index in [2.05, 4.69) is 10.4 Å². The van der Waals surface area contributed by atoms with Gasteiger partial charge in [-0.1, -0.05) is 45.4 Å². The maximum absolute atomic E-state index is 12.4. The molecule has 2 rings (SSSR count). The third-order valence-electron chi connectivity index (χ3n) is 3.54. The van der Waals surface area contributed by atoms with Crippen LogP contribution in [0, 0.1) is 5.92 Å². The number of benzene rings is 1. The minimum Gasteiger partial charge on any atom is -0.448 e. The molecule has 0 atom stereocenters. The molecule has 0 saturated heterocycles. The van der Waals surface area contributed by atoms with Crippen molar-refractivity contribution in [2.45, 2.75) is 33.6 Å². The highest BCUT2D eigenvalue weighted by atomic mass is 16.6. The molecule has 2 amide bonds. The van der Waals surface area contributed by atoms with E-state index >= 15 is 0 Å². The van der Waals surface area contributed by atoms with Gasteiger partial charge in [0.05, 0.1) is 12.3 Å². The molecule has 1 aliphatic rings. The minimum atomic E-state index is -0.630. The summed E-state index contributed by atoms with van der Waals surface area (Å²) < 4.78 is 5.08. The summed E-state index contributed by atoms with van der Waals surface area (Å²) >= 11 is 0. The first kappa shape index (κ1) is 17.0. The van der Waals surface area contributed by atoms with Crippen LogP contribution in [-0.4, -0.2) is 30.9 Å². The van der Waals surface area contributed by atoms with Gasteiger partial charge in [-0.15, -0.1) is 0 Å². The second-order valence-electron chi connectivity index (χ2n) is 5.70. The van der Waals surface area contributed by atoms with E-state index < -0.39 is 6.09 Å². The molecule has 1 aliphatic heterocycles. The van der Waals surface area contributed by atoms with Gasteiger partial charge in [-0.2, -0.15) is 0 Å². The Morgan fingerprint density at radius 2 is 2.13 bits per heavy atom. The number of anilines is 1. The lowest BCUT2D eigenvalue weighted by atomic mass is 9.98. The minimum absolute atomic E-state index is 0.00255. The van der Waals surface area contributed by atoms with Crippen LogP contribution in [-0.2, 0) is 9.53 Å². The van der Waals surface area contributed by atoms with Crippen LogP contribution in [0.5, 0.6) is 0 Å². The molecule has 0 fully saturated rings. The van der Waals surface area contributed by atoms with Gasteiger partial charge in [0.15, 0.2) is 0 Å². The lowest BCUT2D eigenvalue weighted by Gasteiger charge is -2.23. The van der Waals surface area contributed by atoms with Gasteiger partial charge in [0, 0.05) is 11.3 Å². The number of nitrogens with one attached hydrogen (secondary N) is 1. The van der Waals surface area contributed by atoms with Crippen molar-refractivity contribution >= 4 is 23.4 Å². The Labute approximate surface area is 136 Å². The van der Waals surface area contributed by atoms with Crippen LogP contribution in [0.4, 0.5) is 10.5 Å². The summed E-state index contributed by atoms with van der Waals surface area (Å²) in [4.78, 5) is 28.7. The molecule has 0 radical (unpaired) electrons. The number of unbranched alkanes of at least 4 members (excludes halogenated alkanes) is 1. The molecule has 0 unspecified atom stereocenters. The molecule has 6 nitrogen and oxygen atoms in total. The topological polar surface area (TPSA) is 71.0 Å². The van der Waals surface area contributed by atoms with Crippen molar-refractivity contribution in [2.75, 3.05) is 18.2 Å². The van der Waals surface area contributed by atoms with Crippen LogP contribution in [0.15, 0.2) is 29.3 Å². The number of nitrogens with zero attached hydrogens (tertiary/aromatic N) is 2. The molecule has 124 valence electrons. The van der Waals surface area contributed by atoms with E-state index in [0.717, 1.165) is 24.1 Å². The smallest absolute Gasteiger partial charge is 0.426 e. The summed E-state index contributed by atoms with van der Waals surface area (Å²) in [6.07, 6.45) is 1.10. The Kier molecular flexibility index (Phi) is 5.73. The largest absolute Gasteiger partial charge is 0.448 e. The van der Waals surface area contributed by atoms with Gasteiger partial charge in [-0.3, -0.25) is 9.79 Å². The molecule has 0 spiro atoms. The fraction of sp³-hybridized carbons (Fsp3) is 0.471. The number of ether oxygens (including phenoxy) is 1. The van der Waals surface area contributed by atoms with Gasteiger partial charge in [-0.25, -0.2) is 15.2 Å². The van der Waals surface area contributed by atoms with Crippen molar-refractivity contribution in [3.8, 4) is 0 Å². The summed E-state index contributed by atoms with van der Waals surface area (Å²) in [6, 6.07) is 7.42. The molecule has 6 heteroatoms. The molecule has 1 heterocycles. The molecule has 1 aromatic rings. The summed E-state index contributed by atoms with van der Waals surface area (Å²) in [5.41, 5.74) is 4.86. The molecule has 1 N–H and O–H groups in total. The second kappa shape index (κ2) is 7.76. The highest BCUT2D eigenvalue weighted by molar-refractivity contribution is 6.12. The molecule has 0 saturated carbocycles. The Bertz CT molecular complexity index is 611. The van der Waals surface area contributed by atoms with E-state index in [1.54, 1.807) is 6.07 Å². The van der Waals surface area contributed by atoms with E-state index in [9.17, 15) is 9.59 Å². The number of benzodiazepines with no additional fused rings is 1. The first-order valence-electron chi connectivity index (χ1n) is 7.94. The number of hydrazine groups is 1. The molecule has 0 aromatic heterocycles. The number of para-hydroxylation sites is 1. The molecule has 23 heavy (non-hydrogen) atoms. The molecular formula is C17H23N3O3. The zero-order valence-corrected chi connectivity index (χ0v) is 13.8. The van der Waals surface area contributed by atoms with Crippen LogP contribution in [0.25, 0.3) is 0 Å². The van der Waals surface area contributed by atoms with Gasteiger partial charge >= 0.3 is 6.09 Å². The fourth-order valence-corrected chi connectivity index (χ4v) is 2.38. The van der Waals surface area contributed by atoms with Crippen LogP contribution in [0.3, 0.4) is 0 Å². The van der Waals surface area contributed by atoms with Crippen molar-refractivity contribution in [1.82, 2.24) is 5.43 Å². The van der Waals surface area contributed by atoms with Gasteiger partial charge in [0.25, 0.3) is 5.91 Å². The van der Waals surface area contributed by atoms with Gasteiger partial charge < -0.3 is 4.74 Å². The fourth-order valence-electron chi connectivity index (χ4n) is 2.38. The molecule has 0 aliphatic carbocycles. The second-order valence-corrected chi connectivity index (χ2v) is 5.70. The average molecular weight is 317 g/mol. The van der Waals surface area contributed by atoms with E-state index in [0.29, 0.717) is 12.3 Å². The summed E-state index contributed by atoms with van der Waals surface area (Å²) in [7, 11) is 0. The number of fused-ring (bicyclic) bond motifs is 1. The highest BCUT2D eigenvalue weighted by Crippen LogP contribution is 2.25. The number of rotatable bonds is 5. The third-order valence-corrected chi connectivity index (χ3v) is 3.54. The van der Waals surface area contributed by atoms with Gasteiger partial charge in [0.1, 0.15) is 6.54 Å². The number of carbonyl (C=O) groups excluding carboxylic acids is 2. The zero-order valence-electron chi connectivity index (χ0n) is 13.8. The van der Waals surface area contributed by atoms with Crippen LogP contribution in [0.1, 0.15) is 39.2 Å². The van der Waals surface area contributed by atoms with Crippen molar-refractivity contribution in [3.05, 3.63) is 29.8 Å². The van der Waals surface area contributed by atoms with Gasteiger partial charge in [0.2, 0.25) is 0 Å². The van der Waals surface area contributed by atoms with Crippen LogP contribution >= 0.6 is 0 Å².